The van der Waals surface area contributed by atoms with Crippen molar-refractivity contribution in [3.05, 3.63) is 78.1 Å². The first kappa shape index (κ1) is 27.2. The first-order chi connectivity index (χ1) is 15.8. The van der Waals surface area contributed by atoms with Crippen molar-refractivity contribution in [3.63, 3.8) is 0 Å². The lowest BCUT2D eigenvalue weighted by Crippen LogP contribution is -2.37. The van der Waals surface area contributed by atoms with Gasteiger partial charge in [-0.25, -0.2) is 9.48 Å². The molecule has 2 aromatic carbocycles. The van der Waals surface area contributed by atoms with Crippen molar-refractivity contribution in [2.45, 2.75) is 39.3 Å². The van der Waals surface area contributed by atoms with Crippen LogP contribution in [-0.4, -0.2) is 41.0 Å². The normalized spacial score (nSPS) is 11.4. The molecule has 182 valence electrons. The van der Waals surface area contributed by atoms with Gasteiger partial charge in [-0.15, -0.1) is 24.0 Å². The van der Waals surface area contributed by atoms with E-state index in [-0.39, 0.29) is 24.0 Å². The van der Waals surface area contributed by atoms with E-state index in [4.69, 9.17) is 4.74 Å². The highest BCUT2D eigenvalue weighted by Crippen LogP contribution is 2.13. The molecular formula is C25H33IN6O2. The van der Waals surface area contributed by atoms with Gasteiger partial charge in [0.1, 0.15) is 5.60 Å². The average molecular weight is 576 g/mol. The Morgan fingerprint density at radius 1 is 1.06 bits per heavy atom. The summed E-state index contributed by atoms with van der Waals surface area (Å²) in [5.74, 6) is 0.739. The van der Waals surface area contributed by atoms with Gasteiger partial charge in [0.05, 0.1) is 5.69 Å². The van der Waals surface area contributed by atoms with E-state index in [9.17, 15) is 4.79 Å². The highest BCUT2D eigenvalue weighted by molar-refractivity contribution is 14.0. The number of aliphatic imine (C=N–C) groups is 1. The van der Waals surface area contributed by atoms with Gasteiger partial charge in [0.15, 0.2) is 5.96 Å². The third-order valence-corrected chi connectivity index (χ3v) is 4.67. The molecule has 0 aliphatic rings. The largest absolute Gasteiger partial charge is 0.444 e. The minimum absolute atomic E-state index is 0. The number of aromatic nitrogens is 2. The zero-order valence-electron chi connectivity index (χ0n) is 20.0. The average Bonchev–Trinajstić information content (AvgIpc) is 3.31. The molecule has 0 unspecified atom stereocenters. The molecule has 34 heavy (non-hydrogen) atoms. The summed E-state index contributed by atoms with van der Waals surface area (Å²) in [6.45, 7) is 6.89. The molecule has 1 aromatic heterocycles. The fraction of sp³-hybridized carbons (Fsp3) is 0.320. The van der Waals surface area contributed by atoms with Crippen molar-refractivity contribution in [2.24, 2.45) is 4.99 Å². The van der Waals surface area contributed by atoms with E-state index in [0.717, 1.165) is 35.7 Å². The number of carbonyl (C=O) groups excluding carboxylic acids is 1. The minimum atomic E-state index is -0.523. The van der Waals surface area contributed by atoms with Gasteiger partial charge in [-0.2, -0.15) is 5.10 Å². The van der Waals surface area contributed by atoms with E-state index in [0.29, 0.717) is 12.2 Å². The maximum absolute atomic E-state index is 11.9. The smallest absolute Gasteiger partial charge is 0.412 e. The molecule has 0 spiro atoms. The molecule has 0 atom stereocenters. The Hall–Kier alpha value is -3.08. The predicted molar refractivity (Wildman–Crippen MR) is 147 cm³/mol. The summed E-state index contributed by atoms with van der Waals surface area (Å²) in [6.07, 6.45) is 4.05. The number of nitrogens with zero attached hydrogens (tertiary/aromatic N) is 3. The summed E-state index contributed by atoms with van der Waals surface area (Å²) in [7, 11) is 1.76. The van der Waals surface area contributed by atoms with Crippen LogP contribution < -0.4 is 16.0 Å². The Morgan fingerprint density at radius 2 is 1.82 bits per heavy atom. The van der Waals surface area contributed by atoms with Gasteiger partial charge >= 0.3 is 6.09 Å². The zero-order chi connectivity index (χ0) is 23.7. The molecule has 1 amide bonds. The Balaban J connectivity index is 0.00000408. The predicted octanol–water partition coefficient (Wildman–Crippen LogP) is 4.75. The number of carbonyl (C=O) groups is 1. The van der Waals surface area contributed by atoms with Gasteiger partial charge in [0.25, 0.3) is 0 Å². The standard InChI is InChI=1S/C25H32N6O2.HI/c1-25(2,3)33-24(32)30-21-11-9-19(10-12-21)13-15-27-23(26-4)28-18-20-7-5-8-22(17-20)31-16-6-14-29-31;/h5-12,14,16-17H,13,15,18H2,1-4H3,(H,30,32)(H2,26,27,28);1H. The summed E-state index contributed by atoms with van der Waals surface area (Å²) < 4.78 is 7.11. The van der Waals surface area contributed by atoms with Crippen LogP contribution in [0.5, 0.6) is 0 Å². The van der Waals surface area contributed by atoms with Crippen molar-refractivity contribution >= 4 is 41.7 Å². The molecule has 9 heteroatoms. The molecule has 0 radical (unpaired) electrons. The number of rotatable bonds is 7. The second-order valence-electron chi connectivity index (χ2n) is 8.55. The van der Waals surface area contributed by atoms with Gasteiger partial charge in [0.2, 0.25) is 0 Å². The molecule has 3 rings (SSSR count). The molecule has 1 heterocycles. The monoisotopic (exact) mass is 576 g/mol. The Morgan fingerprint density at radius 3 is 2.47 bits per heavy atom. The van der Waals surface area contributed by atoms with Crippen LogP contribution in [0.1, 0.15) is 31.9 Å². The van der Waals surface area contributed by atoms with Crippen molar-refractivity contribution in [3.8, 4) is 5.69 Å². The number of hydrogen-bond acceptors (Lipinski definition) is 4. The third kappa shape index (κ3) is 9.05. The van der Waals surface area contributed by atoms with Crippen LogP contribution in [0, 0.1) is 0 Å². The quantitative estimate of drug-likeness (QED) is 0.215. The van der Waals surface area contributed by atoms with Gasteiger partial charge in [-0.3, -0.25) is 10.3 Å². The van der Waals surface area contributed by atoms with E-state index in [1.807, 2.05) is 74.1 Å². The van der Waals surface area contributed by atoms with Crippen molar-refractivity contribution in [1.82, 2.24) is 20.4 Å². The minimum Gasteiger partial charge on any atom is -0.444 e. The lowest BCUT2D eigenvalue weighted by Gasteiger charge is -2.19. The van der Waals surface area contributed by atoms with Crippen LogP contribution in [0.15, 0.2) is 72.0 Å². The number of halogens is 1. The topological polar surface area (TPSA) is 92.6 Å². The zero-order valence-corrected chi connectivity index (χ0v) is 22.4. The highest BCUT2D eigenvalue weighted by atomic mass is 127. The summed E-state index contributed by atoms with van der Waals surface area (Å²) in [5.41, 5.74) is 3.49. The molecule has 0 saturated carbocycles. The van der Waals surface area contributed by atoms with Crippen molar-refractivity contribution in [1.29, 1.82) is 0 Å². The number of hydrogen-bond donors (Lipinski definition) is 3. The maximum Gasteiger partial charge on any atom is 0.412 e. The van der Waals surface area contributed by atoms with Crippen LogP contribution >= 0.6 is 24.0 Å². The van der Waals surface area contributed by atoms with E-state index >= 15 is 0 Å². The van der Waals surface area contributed by atoms with E-state index in [1.165, 1.54) is 0 Å². The molecular weight excluding hydrogens is 543 g/mol. The number of nitrogens with one attached hydrogen (secondary N) is 3. The molecule has 3 aromatic rings. The lowest BCUT2D eigenvalue weighted by atomic mass is 10.1. The molecule has 0 saturated heterocycles. The summed E-state index contributed by atoms with van der Waals surface area (Å²) >= 11 is 0. The second kappa shape index (κ2) is 13.0. The number of guanidine groups is 1. The van der Waals surface area contributed by atoms with Gasteiger partial charge in [-0.1, -0.05) is 24.3 Å². The molecule has 3 N–H and O–H groups in total. The van der Waals surface area contributed by atoms with Crippen LogP contribution in [0.4, 0.5) is 10.5 Å². The summed E-state index contributed by atoms with van der Waals surface area (Å²) in [6, 6.07) is 17.8. The van der Waals surface area contributed by atoms with Crippen LogP contribution in [0.25, 0.3) is 5.69 Å². The third-order valence-electron chi connectivity index (χ3n) is 4.67. The van der Waals surface area contributed by atoms with Gasteiger partial charge < -0.3 is 15.4 Å². The molecule has 0 fully saturated rings. The number of amides is 1. The Labute approximate surface area is 218 Å². The van der Waals surface area contributed by atoms with Crippen LogP contribution in [0.3, 0.4) is 0 Å². The molecule has 0 bridgehead atoms. The van der Waals surface area contributed by atoms with E-state index < -0.39 is 11.7 Å². The SMILES string of the molecule is CN=C(NCCc1ccc(NC(=O)OC(C)(C)C)cc1)NCc1cccc(-n2cccn2)c1.I. The number of ether oxygens (including phenoxy) is 1. The van der Waals surface area contributed by atoms with E-state index in [1.54, 1.807) is 13.2 Å². The highest BCUT2D eigenvalue weighted by Gasteiger charge is 2.16. The molecule has 0 aliphatic heterocycles. The maximum atomic E-state index is 11.9. The number of anilines is 1. The van der Waals surface area contributed by atoms with Crippen molar-refractivity contribution < 1.29 is 9.53 Å². The summed E-state index contributed by atoms with van der Waals surface area (Å²) in [5, 5.41) is 13.7. The number of benzene rings is 2. The van der Waals surface area contributed by atoms with Crippen LogP contribution in [-0.2, 0) is 17.7 Å². The van der Waals surface area contributed by atoms with Crippen molar-refractivity contribution in [2.75, 3.05) is 18.9 Å². The Bertz CT molecular complexity index is 1060. The molecule has 0 aliphatic carbocycles. The van der Waals surface area contributed by atoms with Gasteiger partial charge in [0, 0.05) is 38.2 Å². The first-order valence-electron chi connectivity index (χ1n) is 10.9. The van der Waals surface area contributed by atoms with Crippen LogP contribution in [0.2, 0.25) is 0 Å². The fourth-order valence-electron chi connectivity index (χ4n) is 3.14. The lowest BCUT2D eigenvalue weighted by molar-refractivity contribution is 0.0636. The molecule has 8 nitrogen and oxygen atoms in total. The fourth-order valence-corrected chi connectivity index (χ4v) is 3.14. The van der Waals surface area contributed by atoms with E-state index in [2.05, 4.69) is 38.2 Å². The first-order valence-corrected chi connectivity index (χ1v) is 10.9. The van der Waals surface area contributed by atoms with Gasteiger partial charge in [-0.05, 0) is 68.7 Å². The second-order valence-corrected chi connectivity index (χ2v) is 8.55. The summed E-state index contributed by atoms with van der Waals surface area (Å²) in [4.78, 5) is 16.2. The Kier molecular flexibility index (Phi) is 10.4.